The minimum absolute atomic E-state index is 0.0420. The molecule has 0 fully saturated rings. The summed E-state index contributed by atoms with van der Waals surface area (Å²) in [6.45, 7) is 5.20. The topological polar surface area (TPSA) is 95.2 Å². The molecule has 1 amide bonds. The lowest BCUT2D eigenvalue weighted by atomic mass is 10.0. The van der Waals surface area contributed by atoms with Gasteiger partial charge in [0, 0.05) is 51.2 Å². The van der Waals surface area contributed by atoms with Crippen molar-refractivity contribution in [3.63, 3.8) is 0 Å². The molecule has 0 aliphatic carbocycles. The number of thiocarbonyl (C=S) groups is 1. The van der Waals surface area contributed by atoms with Crippen molar-refractivity contribution in [3.05, 3.63) is 89.0 Å². The first kappa shape index (κ1) is 32.6. The second-order valence-electron chi connectivity index (χ2n) is 10.2. The van der Waals surface area contributed by atoms with Crippen LogP contribution >= 0.6 is 12.2 Å². The molecule has 1 atom stereocenters. The third-order valence-corrected chi connectivity index (χ3v) is 7.10. The summed E-state index contributed by atoms with van der Waals surface area (Å²) >= 11 is 5.57. The Balaban J connectivity index is 1.74. The number of nitrogens with one attached hydrogen (secondary N) is 2. The number of alkyl halides is 3. The van der Waals surface area contributed by atoms with Gasteiger partial charge in [0.2, 0.25) is 5.91 Å². The number of methoxy groups -OCH3 is 1. The molecule has 1 heterocycles. The molecule has 0 saturated heterocycles. The number of amides is 1. The fraction of sp³-hybridized carbons (Fsp3) is 0.400. The van der Waals surface area contributed by atoms with E-state index in [1.54, 1.807) is 42.7 Å². The Morgan fingerprint density at radius 1 is 1.19 bits per heavy atom. The number of imidazole rings is 1. The molecular formula is C30H35F3N6O2S. The lowest BCUT2D eigenvalue weighted by Gasteiger charge is -2.33. The van der Waals surface area contributed by atoms with Crippen molar-refractivity contribution in [2.45, 2.75) is 45.6 Å². The number of rotatable bonds is 13. The van der Waals surface area contributed by atoms with Crippen LogP contribution in [0.15, 0.2) is 61.1 Å². The Bertz CT molecular complexity index is 1370. The number of hydrogen-bond donors (Lipinski definition) is 2. The first-order valence-electron chi connectivity index (χ1n) is 13.5. The zero-order valence-corrected chi connectivity index (χ0v) is 24.6. The monoisotopic (exact) mass is 600 g/mol. The zero-order chi connectivity index (χ0) is 30.7. The number of nitrogens with zero attached hydrogens (tertiary/aromatic N) is 4. The fourth-order valence-corrected chi connectivity index (χ4v) is 4.57. The molecular weight excluding hydrogens is 565 g/mol. The van der Waals surface area contributed by atoms with E-state index in [0.29, 0.717) is 31.0 Å². The molecule has 12 heteroatoms. The summed E-state index contributed by atoms with van der Waals surface area (Å²) in [5, 5.41) is 15.4. The fourth-order valence-electron chi connectivity index (χ4n) is 4.33. The van der Waals surface area contributed by atoms with E-state index in [-0.39, 0.29) is 42.0 Å². The van der Waals surface area contributed by atoms with Crippen molar-refractivity contribution in [1.82, 2.24) is 25.1 Å². The van der Waals surface area contributed by atoms with Gasteiger partial charge in [0.15, 0.2) is 5.11 Å². The number of carbonyl (C=O) groups excluding carboxylic acids is 1. The van der Waals surface area contributed by atoms with Crippen LogP contribution in [0.1, 0.15) is 41.8 Å². The van der Waals surface area contributed by atoms with Crippen molar-refractivity contribution in [2.75, 3.05) is 26.8 Å². The Morgan fingerprint density at radius 2 is 1.90 bits per heavy atom. The van der Waals surface area contributed by atoms with E-state index in [1.807, 2.05) is 30.5 Å². The molecule has 224 valence electrons. The quantitative estimate of drug-likeness (QED) is 0.220. The van der Waals surface area contributed by atoms with Crippen LogP contribution in [-0.2, 0) is 35.2 Å². The van der Waals surface area contributed by atoms with Crippen molar-refractivity contribution in [3.8, 4) is 6.07 Å². The number of aromatic nitrogens is 2. The number of carbonyl (C=O) groups is 1. The highest BCUT2D eigenvalue weighted by molar-refractivity contribution is 7.80. The summed E-state index contributed by atoms with van der Waals surface area (Å²) in [5.74, 6) is -0.288. The van der Waals surface area contributed by atoms with Crippen LogP contribution in [0.3, 0.4) is 0 Å². The minimum Gasteiger partial charge on any atom is -0.383 e. The Morgan fingerprint density at radius 3 is 2.55 bits per heavy atom. The average Bonchev–Trinajstić information content (AvgIpc) is 3.38. The molecule has 0 aliphatic heterocycles. The predicted molar refractivity (Wildman–Crippen MR) is 157 cm³/mol. The van der Waals surface area contributed by atoms with Gasteiger partial charge < -0.3 is 24.8 Å². The molecule has 42 heavy (non-hydrogen) atoms. The van der Waals surface area contributed by atoms with Crippen LogP contribution in [0, 0.1) is 17.2 Å². The third kappa shape index (κ3) is 9.56. The first-order chi connectivity index (χ1) is 20.0. The van der Waals surface area contributed by atoms with E-state index in [1.165, 1.54) is 12.1 Å². The lowest BCUT2D eigenvalue weighted by molar-refractivity contribution is -0.138. The van der Waals surface area contributed by atoms with Crippen molar-refractivity contribution in [1.29, 1.82) is 5.26 Å². The summed E-state index contributed by atoms with van der Waals surface area (Å²) in [5.41, 5.74) is 1.58. The molecule has 0 spiro atoms. The number of nitriles is 1. The molecule has 2 aromatic carbocycles. The standard InChI is InChI=1S/C30H35F3N6O2S/c1-21(2)27(37-28(40)14-25-16-35-20-39(25)17-23-10-8-22(15-34)9-11-23)19-38(29(42)36-12-13-41-3)18-24-6-4-5-7-26(24)30(31,32)33/h4-11,16,20-21,27H,12-14,17-19H2,1-3H3,(H,36,42)(H,37,40)/t27-/m1/s1. The van der Waals surface area contributed by atoms with Gasteiger partial charge in [-0.15, -0.1) is 0 Å². The van der Waals surface area contributed by atoms with E-state index in [4.69, 9.17) is 22.2 Å². The summed E-state index contributed by atoms with van der Waals surface area (Å²) in [4.78, 5) is 19.0. The van der Waals surface area contributed by atoms with Gasteiger partial charge in [-0.2, -0.15) is 18.4 Å². The van der Waals surface area contributed by atoms with E-state index < -0.39 is 17.8 Å². The zero-order valence-electron chi connectivity index (χ0n) is 23.8. The Labute approximate surface area is 249 Å². The van der Waals surface area contributed by atoms with Crippen LogP contribution in [0.4, 0.5) is 13.2 Å². The normalized spacial score (nSPS) is 12.0. The lowest BCUT2D eigenvalue weighted by Crippen LogP contribution is -2.51. The first-order valence-corrected chi connectivity index (χ1v) is 13.9. The summed E-state index contributed by atoms with van der Waals surface area (Å²) < 4.78 is 48.1. The van der Waals surface area contributed by atoms with E-state index in [9.17, 15) is 18.0 Å². The largest absolute Gasteiger partial charge is 0.416 e. The Kier molecular flexibility index (Phi) is 11.9. The van der Waals surface area contributed by atoms with Crippen molar-refractivity contribution in [2.24, 2.45) is 5.92 Å². The number of benzene rings is 2. The summed E-state index contributed by atoms with van der Waals surface area (Å²) in [6.07, 6.45) is -1.18. The van der Waals surface area contributed by atoms with Crippen molar-refractivity contribution >= 4 is 23.2 Å². The van der Waals surface area contributed by atoms with Crippen LogP contribution in [0.2, 0.25) is 0 Å². The van der Waals surface area contributed by atoms with Gasteiger partial charge in [0.1, 0.15) is 0 Å². The molecule has 0 bridgehead atoms. The van der Waals surface area contributed by atoms with Gasteiger partial charge in [-0.1, -0.05) is 44.2 Å². The van der Waals surface area contributed by atoms with Gasteiger partial charge in [0.25, 0.3) is 0 Å². The molecule has 2 N–H and O–H groups in total. The predicted octanol–water partition coefficient (Wildman–Crippen LogP) is 4.53. The molecule has 3 rings (SSSR count). The van der Waals surface area contributed by atoms with Gasteiger partial charge >= 0.3 is 6.18 Å². The molecule has 0 unspecified atom stereocenters. The number of hydrogen-bond acceptors (Lipinski definition) is 5. The molecule has 1 aromatic heterocycles. The second kappa shape index (κ2) is 15.3. The minimum atomic E-state index is -4.51. The van der Waals surface area contributed by atoms with E-state index >= 15 is 0 Å². The summed E-state index contributed by atoms with van der Waals surface area (Å²) in [7, 11) is 1.54. The third-order valence-electron chi connectivity index (χ3n) is 6.70. The smallest absolute Gasteiger partial charge is 0.383 e. The van der Waals surface area contributed by atoms with Gasteiger partial charge in [-0.05, 0) is 47.5 Å². The van der Waals surface area contributed by atoms with Crippen LogP contribution < -0.4 is 10.6 Å². The highest BCUT2D eigenvalue weighted by Crippen LogP contribution is 2.32. The van der Waals surface area contributed by atoms with Crippen LogP contribution in [0.5, 0.6) is 0 Å². The number of halogens is 3. The van der Waals surface area contributed by atoms with E-state index in [2.05, 4.69) is 21.7 Å². The molecule has 0 radical (unpaired) electrons. The van der Waals surface area contributed by atoms with Gasteiger partial charge in [-0.3, -0.25) is 4.79 Å². The average molecular weight is 601 g/mol. The highest BCUT2D eigenvalue weighted by atomic mass is 32.1. The summed E-state index contributed by atoms with van der Waals surface area (Å²) in [6, 6.07) is 14.3. The maximum Gasteiger partial charge on any atom is 0.416 e. The molecule has 8 nitrogen and oxygen atoms in total. The van der Waals surface area contributed by atoms with Crippen molar-refractivity contribution < 1.29 is 22.7 Å². The van der Waals surface area contributed by atoms with Gasteiger partial charge in [-0.25, -0.2) is 4.98 Å². The van der Waals surface area contributed by atoms with Gasteiger partial charge in [0.05, 0.1) is 36.6 Å². The Hall–Kier alpha value is -3.95. The highest BCUT2D eigenvalue weighted by Gasteiger charge is 2.34. The molecule has 0 saturated carbocycles. The number of ether oxygens (including phenoxy) is 1. The van der Waals surface area contributed by atoms with E-state index in [0.717, 1.165) is 11.6 Å². The molecule has 3 aromatic rings. The van der Waals surface area contributed by atoms with Crippen LogP contribution in [-0.4, -0.2) is 58.3 Å². The second-order valence-corrected chi connectivity index (χ2v) is 10.6. The maximum absolute atomic E-state index is 13.7. The SMILES string of the molecule is COCCNC(=S)N(Cc1ccccc1C(F)(F)F)C[C@@H](NC(=O)Cc1cncn1Cc1ccc(C#N)cc1)C(C)C. The maximum atomic E-state index is 13.7. The molecule has 0 aliphatic rings. The van der Waals surface area contributed by atoms with Crippen LogP contribution in [0.25, 0.3) is 0 Å².